The second-order valence-corrected chi connectivity index (χ2v) is 10.4. The fourth-order valence-electron chi connectivity index (χ4n) is 4.61. The normalized spacial score (nSPS) is 14.3. The van der Waals surface area contributed by atoms with Crippen molar-refractivity contribution in [2.75, 3.05) is 36.0 Å². The number of aromatic nitrogens is 4. The van der Waals surface area contributed by atoms with Gasteiger partial charge in [-0.25, -0.2) is 29.1 Å². The zero-order valence-corrected chi connectivity index (χ0v) is 23.9. The molecule has 3 heterocycles. The number of piperazine rings is 1. The van der Waals surface area contributed by atoms with E-state index in [0.29, 0.717) is 48.3 Å². The molecule has 0 saturated carbocycles. The monoisotopic (exact) mass is 627 g/mol. The van der Waals surface area contributed by atoms with Gasteiger partial charge in [0.2, 0.25) is 5.95 Å². The van der Waals surface area contributed by atoms with Crippen LogP contribution in [0.15, 0.2) is 73.4 Å². The van der Waals surface area contributed by atoms with Crippen LogP contribution in [-0.4, -0.2) is 63.2 Å². The van der Waals surface area contributed by atoms with Gasteiger partial charge in [0.25, 0.3) is 0 Å². The van der Waals surface area contributed by atoms with Gasteiger partial charge in [-0.1, -0.05) is 30.3 Å². The number of anilines is 2. The minimum atomic E-state index is -4.58. The number of nitrogens with one attached hydrogen (secondary N) is 1. The van der Waals surface area contributed by atoms with E-state index in [1.54, 1.807) is 35.2 Å². The predicted molar refractivity (Wildman–Crippen MR) is 158 cm³/mol. The molecule has 0 aliphatic carbocycles. The Morgan fingerprint density at radius 1 is 0.977 bits per heavy atom. The molecule has 1 fully saturated rings. The summed E-state index contributed by atoms with van der Waals surface area (Å²) in [6.07, 6.45) is -3.36. The molecule has 1 aliphatic rings. The Morgan fingerprint density at radius 2 is 1.64 bits per heavy atom. The number of hydrogen-bond donors (Lipinski definition) is 2. The molecule has 2 aromatic carbocycles. The van der Waals surface area contributed by atoms with Gasteiger partial charge in [-0.15, -0.1) is 0 Å². The summed E-state index contributed by atoms with van der Waals surface area (Å²) in [5.74, 6) is -0.814. The SMILES string of the molecule is C=C(NC(Cc1ccc(Cl)cc1)C(=O)O)c1cc(N2CCN(c3nccc(C(F)(F)F)n3)CC2)nc(-c2ccc(F)cc2)n1. The fraction of sp³-hybridized carbons (Fsp3) is 0.233. The van der Waals surface area contributed by atoms with E-state index in [1.165, 1.54) is 24.3 Å². The van der Waals surface area contributed by atoms with Gasteiger partial charge in [0.1, 0.15) is 23.4 Å². The first-order valence-electron chi connectivity index (χ1n) is 13.4. The predicted octanol–water partition coefficient (Wildman–Crippen LogP) is 5.33. The molecule has 2 N–H and O–H groups in total. The molecular weight excluding hydrogens is 602 g/mol. The molecule has 14 heteroatoms. The number of benzene rings is 2. The summed E-state index contributed by atoms with van der Waals surface area (Å²) < 4.78 is 53.2. The Labute approximate surface area is 254 Å². The first kappa shape index (κ1) is 30.7. The van der Waals surface area contributed by atoms with E-state index in [9.17, 15) is 27.5 Å². The lowest BCUT2D eigenvalue weighted by atomic mass is 10.1. The highest BCUT2D eigenvalue weighted by Crippen LogP contribution is 2.29. The van der Waals surface area contributed by atoms with E-state index in [0.717, 1.165) is 17.8 Å². The third-order valence-corrected chi connectivity index (χ3v) is 7.20. The van der Waals surface area contributed by atoms with E-state index in [1.807, 2.05) is 4.90 Å². The van der Waals surface area contributed by atoms with Crippen molar-refractivity contribution in [3.63, 3.8) is 0 Å². The van der Waals surface area contributed by atoms with Crippen LogP contribution in [0.3, 0.4) is 0 Å². The number of hydrogen-bond acceptors (Lipinski definition) is 8. The van der Waals surface area contributed by atoms with E-state index >= 15 is 0 Å². The minimum Gasteiger partial charge on any atom is -0.480 e. The van der Waals surface area contributed by atoms with Crippen molar-refractivity contribution in [1.29, 1.82) is 0 Å². The van der Waals surface area contributed by atoms with Crippen LogP contribution in [0.25, 0.3) is 17.1 Å². The quantitative estimate of drug-likeness (QED) is 0.238. The number of carboxylic acid groups (broad SMARTS) is 1. The lowest BCUT2D eigenvalue weighted by molar-refractivity contribution is -0.141. The van der Waals surface area contributed by atoms with Gasteiger partial charge >= 0.3 is 12.1 Å². The van der Waals surface area contributed by atoms with Crippen molar-refractivity contribution in [3.8, 4) is 11.4 Å². The first-order chi connectivity index (χ1) is 21.0. The number of carboxylic acids is 1. The topological polar surface area (TPSA) is 107 Å². The molecule has 1 unspecified atom stereocenters. The number of alkyl halides is 3. The average molecular weight is 628 g/mol. The van der Waals surface area contributed by atoms with Crippen LogP contribution in [0, 0.1) is 5.82 Å². The Balaban J connectivity index is 1.39. The van der Waals surface area contributed by atoms with Gasteiger partial charge in [0, 0.05) is 55.4 Å². The zero-order valence-electron chi connectivity index (χ0n) is 23.1. The Hall–Kier alpha value is -4.78. The molecular formula is C30H26ClF4N7O2. The first-order valence-corrected chi connectivity index (χ1v) is 13.8. The van der Waals surface area contributed by atoms with E-state index in [4.69, 9.17) is 11.6 Å². The van der Waals surface area contributed by atoms with Crippen molar-refractivity contribution in [3.05, 3.63) is 101 Å². The average Bonchev–Trinajstić information content (AvgIpc) is 3.01. The molecule has 0 radical (unpaired) electrons. The summed E-state index contributed by atoms with van der Waals surface area (Å²) in [5, 5.41) is 13.4. The van der Waals surface area contributed by atoms with Gasteiger partial charge in [0.05, 0.1) is 11.4 Å². The van der Waals surface area contributed by atoms with E-state index in [2.05, 4.69) is 31.8 Å². The summed E-state index contributed by atoms with van der Waals surface area (Å²) in [4.78, 5) is 32.6. The summed E-state index contributed by atoms with van der Waals surface area (Å²) in [6, 6.07) is 13.9. The second kappa shape index (κ2) is 12.8. The van der Waals surface area contributed by atoms with Crippen molar-refractivity contribution in [2.45, 2.75) is 18.6 Å². The van der Waals surface area contributed by atoms with Gasteiger partial charge in [-0.3, -0.25) is 0 Å². The zero-order chi connectivity index (χ0) is 31.4. The maximum atomic E-state index is 13.7. The highest BCUT2D eigenvalue weighted by atomic mass is 35.5. The molecule has 44 heavy (non-hydrogen) atoms. The van der Waals surface area contributed by atoms with Crippen LogP contribution >= 0.6 is 11.6 Å². The lowest BCUT2D eigenvalue weighted by Crippen LogP contribution is -2.47. The van der Waals surface area contributed by atoms with E-state index in [-0.39, 0.29) is 23.9 Å². The molecule has 1 saturated heterocycles. The highest BCUT2D eigenvalue weighted by molar-refractivity contribution is 6.30. The minimum absolute atomic E-state index is 0.0205. The number of carbonyl (C=O) groups is 1. The molecule has 4 aromatic rings. The van der Waals surface area contributed by atoms with Crippen LogP contribution < -0.4 is 15.1 Å². The largest absolute Gasteiger partial charge is 0.480 e. The second-order valence-electron chi connectivity index (χ2n) is 10.00. The summed E-state index contributed by atoms with van der Waals surface area (Å²) in [7, 11) is 0. The van der Waals surface area contributed by atoms with Crippen LogP contribution in [0.5, 0.6) is 0 Å². The Morgan fingerprint density at radius 3 is 2.27 bits per heavy atom. The maximum absolute atomic E-state index is 13.7. The molecule has 1 aliphatic heterocycles. The van der Waals surface area contributed by atoms with Gasteiger partial charge in [-0.2, -0.15) is 13.2 Å². The molecule has 228 valence electrons. The number of aliphatic carboxylic acids is 1. The van der Waals surface area contributed by atoms with Crippen LogP contribution in [-0.2, 0) is 17.4 Å². The standard InChI is InChI=1S/C30H26ClF4N7O2/c1-18(37-24(28(43)44)16-19-2-6-21(31)7-3-19)23-17-26(40-27(38-23)20-4-8-22(32)9-5-20)41-12-14-42(15-13-41)29-36-11-10-25(39-29)30(33,34)35/h2-11,17,24,37H,1,12-16H2,(H,43,44). The Bertz CT molecular complexity index is 1640. The molecule has 0 amide bonds. The summed E-state index contributed by atoms with van der Waals surface area (Å²) >= 11 is 5.95. The van der Waals surface area contributed by atoms with Gasteiger partial charge in [0.15, 0.2) is 5.82 Å². The van der Waals surface area contributed by atoms with Crippen LogP contribution in [0.2, 0.25) is 5.02 Å². The molecule has 2 aromatic heterocycles. The molecule has 0 spiro atoms. The number of halogens is 5. The van der Waals surface area contributed by atoms with Crippen molar-refractivity contribution < 1.29 is 27.5 Å². The number of rotatable bonds is 9. The summed E-state index contributed by atoms with van der Waals surface area (Å²) in [5.41, 5.74) is 0.806. The van der Waals surface area contributed by atoms with Crippen molar-refractivity contribution >= 4 is 35.0 Å². The third kappa shape index (κ3) is 7.40. The van der Waals surface area contributed by atoms with Crippen LogP contribution in [0.1, 0.15) is 17.0 Å². The third-order valence-electron chi connectivity index (χ3n) is 6.94. The van der Waals surface area contributed by atoms with E-state index < -0.39 is 29.7 Å². The number of nitrogens with zero attached hydrogens (tertiary/aromatic N) is 6. The van der Waals surface area contributed by atoms with Gasteiger partial charge in [-0.05, 0) is 48.0 Å². The fourth-order valence-corrected chi connectivity index (χ4v) is 4.74. The Kier molecular flexibility index (Phi) is 8.95. The smallest absolute Gasteiger partial charge is 0.433 e. The van der Waals surface area contributed by atoms with Crippen LogP contribution in [0.4, 0.5) is 29.3 Å². The summed E-state index contributed by atoms with van der Waals surface area (Å²) in [6.45, 7) is 5.40. The molecule has 9 nitrogen and oxygen atoms in total. The highest BCUT2D eigenvalue weighted by Gasteiger charge is 2.33. The lowest BCUT2D eigenvalue weighted by Gasteiger charge is -2.35. The molecule has 5 rings (SSSR count). The van der Waals surface area contributed by atoms with Crippen molar-refractivity contribution in [2.24, 2.45) is 0 Å². The molecule has 1 atom stereocenters. The molecule has 0 bridgehead atoms. The van der Waals surface area contributed by atoms with Gasteiger partial charge < -0.3 is 20.2 Å². The maximum Gasteiger partial charge on any atom is 0.433 e. The van der Waals surface area contributed by atoms with Crippen molar-refractivity contribution in [1.82, 2.24) is 25.3 Å².